The van der Waals surface area contributed by atoms with Crippen LogP contribution in [-0.4, -0.2) is 24.2 Å². The van der Waals surface area contributed by atoms with Crippen molar-refractivity contribution in [2.45, 2.75) is 20.8 Å². The fraction of sp³-hybridized carbons (Fsp3) is 0.462. The van der Waals surface area contributed by atoms with Gasteiger partial charge in [-0.2, -0.15) is 0 Å². The standard InChI is InChI=1S/C13H18FNO2/c1-9-5-4-6-10(11(9)14)12(17)15-7-13(2,3)8-16/h4-6,16H,7-8H2,1-3H3,(H,15,17). The Kier molecular flexibility index (Phi) is 4.23. The van der Waals surface area contributed by atoms with Gasteiger partial charge in [-0.1, -0.05) is 26.0 Å². The first-order valence-electron chi connectivity index (χ1n) is 5.51. The van der Waals surface area contributed by atoms with Crippen LogP contribution in [0.25, 0.3) is 0 Å². The van der Waals surface area contributed by atoms with Gasteiger partial charge in [-0.15, -0.1) is 0 Å². The van der Waals surface area contributed by atoms with E-state index in [-0.39, 0.29) is 12.2 Å². The maximum absolute atomic E-state index is 13.6. The van der Waals surface area contributed by atoms with Gasteiger partial charge < -0.3 is 10.4 Å². The van der Waals surface area contributed by atoms with E-state index in [0.717, 1.165) is 0 Å². The zero-order valence-electron chi connectivity index (χ0n) is 10.4. The molecule has 0 saturated heterocycles. The minimum absolute atomic E-state index is 0.0381. The third kappa shape index (κ3) is 3.53. The summed E-state index contributed by atoms with van der Waals surface area (Å²) in [6, 6.07) is 4.71. The monoisotopic (exact) mass is 239 g/mol. The van der Waals surface area contributed by atoms with E-state index < -0.39 is 17.1 Å². The molecule has 0 fully saturated rings. The minimum atomic E-state index is -0.494. The first-order chi connectivity index (χ1) is 7.87. The summed E-state index contributed by atoms with van der Waals surface area (Å²) in [5, 5.41) is 11.7. The largest absolute Gasteiger partial charge is 0.396 e. The van der Waals surface area contributed by atoms with Crippen LogP contribution in [-0.2, 0) is 0 Å². The van der Waals surface area contributed by atoms with Gasteiger partial charge in [0.15, 0.2) is 0 Å². The number of carbonyl (C=O) groups is 1. The molecular weight excluding hydrogens is 221 g/mol. The molecule has 94 valence electrons. The summed E-state index contributed by atoms with van der Waals surface area (Å²) in [7, 11) is 0. The minimum Gasteiger partial charge on any atom is -0.396 e. The molecule has 0 aliphatic heterocycles. The van der Waals surface area contributed by atoms with E-state index in [1.165, 1.54) is 6.07 Å². The number of rotatable bonds is 4. The number of aliphatic hydroxyl groups excluding tert-OH is 1. The van der Waals surface area contributed by atoms with Gasteiger partial charge in [0.25, 0.3) is 5.91 Å². The highest BCUT2D eigenvalue weighted by Gasteiger charge is 2.19. The summed E-state index contributed by atoms with van der Waals surface area (Å²) in [6.07, 6.45) is 0. The molecule has 0 saturated carbocycles. The van der Waals surface area contributed by atoms with Crippen molar-refractivity contribution in [1.82, 2.24) is 5.32 Å². The van der Waals surface area contributed by atoms with Gasteiger partial charge in [-0.3, -0.25) is 4.79 Å². The van der Waals surface area contributed by atoms with Crippen molar-refractivity contribution in [1.29, 1.82) is 0 Å². The van der Waals surface area contributed by atoms with Gasteiger partial charge in [-0.25, -0.2) is 4.39 Å². The zero-order valence-corrected chi connectivity index (χ0v) is 10.4. The van der Waals surface area contributed by atoms with Gasteiger partial charge in [0.1, 0.15) is 5.82 Å². The van der Waals surface area contributed by atoms with Crippen molar-refractivity contribution in [3.63, 3.8) is 0 Å². The fourth-order valence-corrected chi connectivity index (χ4v) is 1.29. The van der Waals surface area contributed by atoms with E-state index in [0.29, 0.717) is 12.1 Å². The SMILES string of the molecule is Cc1cccc(C(=O)NCC(C)(C)CO)c1F. The molecule has 0 unspecified atom stereocenters. The summed E-state index contributed by atoms with van der Waals surface area (Å²) < 4.78 is 13.6. The molecule has 1 aromatic rings. The number of aliphatic hydroxyl groups is 1. The van der Waals surface area contributed by atoms with Gasteiger partial charge >= 0.3 is 0 Å². The van der Waals surface area contributed by atoms with E-state index in [4.69, 9.17) is 5.11 Å². The number of hydrogen-bond acceptors (Lipinski definition) is 2. The Morgan fingerprint density at radius 3 is 2.71 bits per heavy atom. The van der Waals surface area contributed by atoms with Crippen LogP contribution in [0.1, 0.15) is 29.8 Å². The van der Waals surface area contributed by atoms with Gasteiger partial charge in [0.2, 0.25) is 0 Å². The molecule has 1 rings (SSSR count). The number of nitrogens with one attached hydrogen (secondary N) is 1. The van der Waals surface area contributed by atoms with E-state index in [9.17, 15) is 9.18 Å². The number of halogens is 1. The number of benzene rings is 1. The summed E-state index contributed by atoms with van der Waals surface area (Å²) in [4.78, 5) is 11.7. The predicted octanol–water partition coefficient (Wildman–Crippen LogP) is 1.88. The molecule has 0 spiro atoms. The van der Waals surface area contributed by atoms with Crippen molar-refractivity contribution in [3.8, 4) is 0 Å². The lowest BCUT2D eigenvalue weighted by molar-refractivity contribution is 0.0907. The number of aryl methyl sites for hydroxylation is 1. The Hall–Kier alpha value is -1.42. The second-order valence-electron chi connectivity index (χ2n) is 4.94. The molecule has 2 N–H and O–H groups in total. The molecule has 0 radical (unpaired) electrons. The summed E-state index contributed by atoms with van der Waals surface area (Å²) in [6.45, 7) is 5.52. The van der Waals surface area contributed by atoms with Crippen LogP contribution in [0, 0.1) is 18.2 Å². The maximum Gasteiger partial charge on any atom is 0.254 e. The van der Waals surface area contributed by atoms with E-state index >= 15 is 0 Å². The van der Waals surface area contributed by atoms with Crippen LogP contribution in [0.4, 0.5) is 4.39 Å². The first-order valence-corrected chi connectivity index (χ1v) is 5.51. The van der Waals surface area contributed by atoms with Gasteiger partial charge in [-0.05, 0) is 18.6 Å². The molecule has 3 nitrogen and oxygen atoms in total. The molecule has 0 aliphatic carbocycles. The Morgan fingerprint density at radius 1 is 1.47 bits per heavy atom. The van der Waals surface area contributed by atoms with Crippen molar-refractivity contribution in [2.75, 3.05) is 13.2 Å². The maximum atomic E-state index is 13.6. The summed E-state index contributed by atoms with van der Waals surface area (Å²) in [5.41, 5.74) is 0.0773. The smallest absolute Gasteiger partial charge is 0.254 e. The highest BCUT2D eigenvalue weighted by Crippen LogP contribution is 2.14. The lowest BCUT2D eigenvalue weighted by Gasteiger charge is -2.21. The van der Waals surface area contributed by atoms with Crippen LogP contribution < -0.4 is 5.32 Å². The number of carbonyl (C=O) groups excluding carboxylic acids is 1. The topological polar surface area (TPSA) is 49.3 Å². The van der Waals surface area contributed by atoms with Crippen molar-refractivity contribution in [2.24, 2.45) is 5.41 Å². The molecule has 0 aliphatic rings. The average Bonchev–Trinajstić information content (AvgIpc) is 2.30. The Bertz CT molecular complexity index is 416. The van der Waals surface area contributed by atoms with Gasteiger partial charge in [0.05, 0.1) is 5.56 Å². The van der Waals surface area contributed by atoms with E-state index in [2.05, 4.69) is 5.32 Å². The van der Waals surface area contributed by atoms with Crippen molar-refractivity contribution < 1.29 is 14.3 Å². The summed E-state index contributed by atoms with van der Waals surface area (Å²) >= 11 is 0. The third-order valence-corrected chi connectivity index (χ3v) is 2.59. The van der Waals surface area contributed by atoms with E-state index in [1.54, 1.807) is 19.1 Å². The molecular formula is C13H18FNO2. The molecule has 0 atom stereocenters. The quantitative estimate of drug-likeness (QED) is 0.843. The molecule has 1 amide bonds. The highest BCUT2D eigenvalue weighted by atomic mass is 19.1. The second-order valence-corrected chi connectivity index (χ2v) is 4.94. The molecule has 17 heavy (non-hydrogen) atoms. The van der Waals surface area contributed by atoms with Crippen molar-refractivity contribution >= 4 is 5.91 Å². The molecule has 0 aromatic heterocycles. The normalized spacial score (nSPS) is 11.4. The molecule has 0 bridgehead atoms. The zero-order chi connectivity index (χ0) is 13.1. The fourth-order valence-electron chi connectivity index (χ4n) is 1.29. The van der Waals surface area contributed by atoms with E-state index in [1.807, 2.05) is 13.8 Å². The Morgan fingerprint density at radius 2 is 2.12 bits per heavy atom. The van der Waals surface area contributed by atoms with Gasteiger partial charge in [0, 0.05) is 18.6 Å². The van der Waals surface area contributed by atoms with Crippen LogP contribution in [0.3, 0.4) is 0 Å². The average molecular weight is 239 g/mol. The number of hydrogen-bond donors (Lipinski definition) is 2. The third-order valence-electron chi connectivity index (χ3n) is 2.59. The number of amides is 1. The lowest BCUT2D eigenvalue weighted by atomic mass is 9.95. The molecule has 4 heteroatoms. The van der Waals surface area contributed by atoms with Crippen LogP contribution in [0.15, 0.2) is 18.2 Å². The predicted molar refractivity (Wildman–Crippen MR) is 64.3 cm³/mol. The Balaban J connectivity index is 2.74. The lowest BCUT2D eigenvalue weighted by Crippen LogP contribution is -2.36. The van der Waals surface area contributed by atoms with Crippen molar-refractivity contribution in [3.05, 3.63) is 35.1 Å². The highest BCUT2D eigenvalue weighted by molar-refractivity contribution is 5.94. The molecule has 1 aromatic carbocycles. The Labute approximate surface area is 101 Å². The van der Waals surface area contributed by atoms with Crippen LogP contribution >= 0.6 is 0 Å². The second kappa shape index (κ2) is 5.27. The molecule has 0 heterocycles. The first kappa shape index (κ1) is 13.6. The van der Waals surface area contributed by atoms with Crippen LogP contribution in [0.5, 0.6) is 0 Å². The summed E-state index contributed by atoms with van der Waals surface area (Å²) in [5.74, 6) is -0.945. The van der Waals surface area contributed by atoms with Crippen LogP contribution in [0.2, 0.25) is 0 Å².